The van der Waals surface area contributed by atoms with Crippen LogP contribution in [-0.2, 0) is 4.79 Å². The van der Waals surface area contributed by atoms with Crippen LogP contribution in [0, 0.1) is 6.92 Å². The molecule has 0 atom stereocenters. The average molecular weight is 460 g/mol. The Bertz CT molecular complexity index is 1210. The molecule has 0 unspecified atom stereocenters. The third-order valence-electron chi connectivity index (χ3n) is 5.83. The second kappa shape index (κ2) is 9.54. The number of furan rings is 1. The normalized spacial score (nSPS) is 14.0. The molecule has 0 N–H and O–H groups in total. The molecule has 1 aliphatic heterocycles. The summed E-state index contributed by atoms with van der Waals surface area (Å²) in [5, 5.41) is 9.53. The zero-order valence-corrected chi connectivity index (χ0v) is 19.2. The van der Waals surface area contributed by atoms with E-state index in [-0.39, 0.29) is 5.91 Å². The summed E-state index contributed by atoms with van der Waals surface area (Å²) in [6.07, 6.45) is 1.65. The number of rotatable bonds is 6. The van der Waals surface area contributed by atoms with Crippen LogP contribution in [0.5, 0.6) is 0 Å². The standard InChI is InChI=1S/C25H25N5O2S/c1-19-22(12-17-32-19)24-26-27-25(30(24)21-10-6-3-7-11-21)33-18-23(31)29-15-13-28(14-16-29)20-8-4-2-5-9-20/h2-12,17H,13-16,18H2,1H3. The molecule has 8 heteroatoms. The van der Waals surface area contributed by atoms with E-state index in [2.05, 4.69) is 27.2 Å². The van der Waals surface area contributed by atoms with Crippen LogP contribution in [0.15, 0.2) is 82.6 Å². The number of piperazine rings is 1. The third kappa shape index (κ3) is 4.52. The van der Waals surface area contributed by atoms with Gasteiger partial charge in [-0.1, -0.05) is 48.2 Å². The Morgan fingerprint density at radius 2 is 1.58 bits per heavy atom. The summed E-state index contributed by atoms with van der Waals surface area (Å²) >= 11 is 1.42. The molecule has 0 spiro atoms. The number of anilines is 1. The highest BCUT2D eigenvalue weighted by Crippen LogP contribution is 2.30. The first-order valence-electron chi connectivity index (χ1n) is 11.0. The van der Waals surface area contributed by atoms with Gasteiger partial charge in [-0.2, -0.15) is 0 Å². The number of para-hydroxylation sites is 2. The van der Waals surface area contributed by atoms with E-state index < -0.39 is 0 Å². The molecule has 4 aromatic rings. The summed E-state index contributed by atoms with van der Waals surface area (Å²) in [5.41, 5.74) is 3.04. The highest BCUT2D eigenvalue weighted by molar-refractivity contribution is 7.99. The number of thioether (sulfide) groups is 1. The Morgan fingerprint density at radius 3 is 2.21 bits per heavy atom. The molecule has 1 saturated heterocycles. The molecule has 5 rings (SSSR count). The Balaban J connectivity index is 1.29. The molecular weight excluding hydrogens is 434 g/mol. The number of benzene rings is 2. The second-order valence-corrected chi connectivity index (χ2v) is 8.80. The summed E-state index contributed by atoms with van der Waals surface area (Å²) in [4.78, 5) is 17.2. The van der Waals surface area contributed by atoms with Gasteiger partial charge in [0.25, 0.3) is 0 Å². The minimum atomic E-state index is 0.122. The summed E-state index contributed by atoms with van der Waals surface area (Å²) < 4.78 is 7.47. The average Bonchev–Trinajstić information content (AvgIpc) is 3.49. The molecule has 7 nitrogen and oxygen atoms in total. The minimum Gasteiger partial charge on any atom is -0.469 e. The van der Waals surface area contributed by atoms with Gasteiger partial charge in [-0.25, -0.2) is 0 Å². The number of amides is 1. The lowest BCUT2D eigenvalue weighted by Crippen LogP contribution is -2.49. The molecule has 0 bridgehead atoms. The number of carbonyl (C=O) groups is 1. The van der Waals surface area contributed by atoms with Crippen molar-refractivity contribution in [3.8, 4) is 17.1 Å². The van der Waals surface area contributed by atoms with Gasteiger partial charge in [0.05, 0.1) is 17.6 Å². The second-order valence-electron chi connectivity index (χ2n) is 7.86. The minimum absolute atomic E-state index is 0.122. The predicted molar refractivity (Wildman–Crippen MR) is 130 cm³/mol. The molecule has 2 aromatic heterocycles. The maximum absolute atomic E-state index is 13.0. The Labute approximate surface area is 197 Å². The van der Waals surface area contributed by atoms with Gasteiger partial charge in [-0.15, -0.1) is 10.2 Å². The van der Waals surface area contributed by atoms with Gasteiger partial charge in [-0.05, 0) is 37.3 Å². The SMILES string of the molecule is Cc1occc1-c1nnc(SCC(=O)N2CCN(c3ccccc3)CC2)n1-c1ccccc1. The monoisotopic (exact) mass is 459 g/mol. The first-order valence-corrected chi connectivity index (χ1v) is 11.9. The number of aryl methyl sites for hydroxylation is 1. The fourth-order valence-corrected chi connectivity index (χ4v) is 4.89. The lowest BCUT2D eigenvalue weighted by molar-refractivity contribution is -0.128. The Morgan fingerprint density at radius 1 is 0.909 bits per heavy atom. The van der Waals surface area contributed by atoms with E-state index in [1.165, 1.54) is 17.4 Å². The van der Waals surface area contributed by atoms with Gasteiger partial charge in [0.2, 0.25) is 5.91 Å². The fourth-order valence-electron chi connectivity index (χ4n) is 4.04. The van der Waals surface area contributed by atoms with E-state index in [1.54, 1.807) is 6.26 Å². The first-order chi connectivity index (χ1) is 16.2. The zero-order valence-electron chi connectivity index (χ0n) is 18.4. The van der Waals surface area contributed by atoms with Crippen LogP contribution in [0.2, 0.25) is 0 Å². The van der Waals surface area contributed by atoms with Crippen molar-refractivity contribution in [1.29, 1.82) is 0 Å². The molecular formula is C25H25N5O2S. The summed E-state index contributed by atoms with van der Waals surface area (Å²) in [6.45, 7) is 5.03. The van der Waals surface area contributed by atoms with E-state index >= 15 is 0 Å². The number of nitrogens with zero attached hydrogens (tertiary/aromatic N) is 5. The highest BCUT2D eigenvalue weighted by Gasteiger charge is 2.23. The predicted octanol–water partition coefficient (Wildman–Crippen LogP) is 4.28. The van der Waals surface area contributed by atoms with Crippen molar-refractivity contribution in [2.75, 3.05) is 36.8 Å². The van der Waals surface area contributed by atoms with Crippen molar-refractivity contribution in [1.82, 2.24) is 19.7 Å². The van der Waals surface area contributed by atoms with Crippen molar-refractivity contribution < 1.29 is 9.21 Å². The zero-order chi connectivity index (χ0) is 22.6. The van der Waals surface area contributed by atoms with Crippen molar-refractivity contribution in [2.24, 2.45) is 0 Å². The van der Waals surface area contributed by atoms with Crippen LogP contribution in [0.4, 0.5) is 5.69 Å². The highest BCUT2D eigenvalue weighted by atomic mass is 32.2. The van der Waals surface area contributed by atoms with Crippen molar-refractivity contribution in [3.63, 3.8) is 0 Å². The van der Waals surface area contributed by atoms with Crippen molar-refractivity contribution in [3.05, 3.63) is 78.8 Å². The van der Waals surface area contributed by atoms with Gasteiger partial charge in [0.15, 0.2) is 11.0 Å². The largest absolute Gasteiger partial charge is 0.469 e. The van der Waals surface area contributed by atoms with Crippen molar-refractivity contribution in [2.45, 2.75) is 12.1 Å². The van der Waals surface area contributed by atoms with E-state index in [1.807, 2.05) is 71.0 Å². The Hall–Kier alpha value is -3.52. The van der Waals surface area contributed by atoms with Gasteiger partial charge >= 0.3 is 0 Å². The maximum atomic E-state index is 13.0. The van der Waals surface area contributed by atoms with E-state index in [0.717, 1.165) is 43.2 Å². The molecule has 33 heavy (non-hydrogen) atoms. The van der Waals surface area contributed by atoms with Crippen LogP contribution in [-0.4, -0.2) is 57.5 Å². The first kappa shape index (κ1) is 21.3. The van der Waals surface area contributed by atoms with Gasteiger partial charge in [-0.3, -0.25) is 9.36 Å². The van der Waals surface area contributed by atoms with E-state index in [9.17, 15) is 4.79 Å². The van der Waals surface area contributed by atoms with Crippen LogP contribution in [0.3, 0.4) is 0 Å². The molecule has 0 radical (unpaired) electrons. The molecule has 3 heterocycles. The summed E-state index contributed by atoms with van der Waals surface area (Å²) in [5.74, 6) is 1.93. The van der Waals surface area contributed by atoms with Crippen molar-refractivity contribution >= 4 is 23.4 Å². The third-order valence-corrected chi connectivity index (χ3v) is 6.74. The van der Waals surface area contributed by atoms with E-state index in [4.69, 9.17) is 4.42 Å². The smallest absolute Gasteiger partial charge is 0.233 e. The van der Waals surface area contributed by atoms with E-state index in [0.29, 0.717) is 16.7 Å². The molecule has 2 aromatic carbocycles. The molecule has 0 saturated carbocycles. The van der Waals surface area contributed by atoms with Crippen LogP contribution >= 0.6 is 11.8 Å². The summed E-state index contributed by atoms with van der Waals surface area (Å²) in [7, 11) is 0. The lowest BCUT2D eigenvalue weighted by atomic mass is 10.2. The fraction of sp³-hybridized carbons (Fsp3) is 0.240. The van der Waals surface area contributed by atoms with Gasteiger partial charge in [0.1, 0.15) is 5.76 Å². The topological polar surface area (TPSA) is 67.4 Å². The molecule has 1 fully saturated rings. The molecule has 0 aliphatic carbocycles. The quantitative estimate of drug-likeness (QED) is 0.401. The summed E-state index contributed by atoms with van der Waals surface area (Å²) in [6, 6.07) is 22.2. The van der Waals surface area contributed by atoms with Gasteiger partial charge in [0, 0.05) is 37.6 Å². The Kier molecular flexibility index (Phi) is 6.17. The van der Waals surface area contributed by atoms with Crippen LogP contribution < -0.4 is 4.90 Å². The lowest BCUT2D eigenvalue weighted by Gasteiger charge is -2.36. The van der Waals surface area contributed by atoms with Crippen LogP contribution in [0.1, 0.15) is 5.76 Å². The number of carbonyl (C=O) groups excluding carboxylic acids is 1. The molecule has 168 valence electrons. The molecule has 1 amide bonds. The number of aromatic nitrogens is 3. The number of hydrogen-bond donors (Lipinski definition) is 0. The number of hydrogen-bond acceptors (Lipinski definition) is 6. The van der Waals surface area contributed by atoms with Crippen LogP contribution in [0.25, 0.3) is 17.1 Å². The molecule has 1 aliphatic rings. The maximum Gasteiger partial charge on any atom is 0.233 e. The van der Waals surface area contributed by atoms with Gasteiger partial charge < -0.3 is 14.2 Å².